The Labute approximate surface area is 221 Å². The van der Waals surface area contributed by atoms with Gasteiger partial charge in [-0.15, -0.1) is 6.42 Å². The smallest absolute Gasteiger partial charge is 0.348 e. The lowest BCUT2D eigenvalue weighted by atomic mass is 9.92. The van der Waals surface area contributed by atoms with Crippen molar-refractivity contribution < 1.29 is 39.5 Å². The van der Waals surface area contributed by atoms with E-state index in [1.54, 1.807) is 49.3 Å². The van der Waals surface area contributed by atoms with Gasteiger partial charge in [0.2, 0.25) is 5.28 Å². The number of anilines is 1. The molecule has 0 unspecified atom stereocenters. The molecule has 3 aromatic rings. The topological polar surface area (TPSA) is 180 Å². The average Bonchev–Trinajstić information content (AvgIpc) is 3.40. The molecular formula is C24H24ClN5O8. The van der Waals surface area contributed by atoms with Crippen LogP contribution in [0.3, 0.4) is 0 Å². The molecule has 4 N–H and O–H groups in total. The second-order valence-corrected chi connectivity index (χ2v) is 9.21. The average molecular weight is 546 g/mol. The third-order valence-corrected chi connectivity index (χ3v) is 6.46. The summed E-state index contributed by atoms with van der Waals surface area (Å²) in [5, 5.41) is 41.7. The minimum atomic E-state index is -2.73. The number of ether oxygens (including phenoxy) is 2. The first-order valence-corrected chi connectivity index (χ1v) is 11.6. The number of hydrogen-bond donors (Lipinski definition) is 4. The van der Waals surface area contributed by atoms with Crippen molar-refractivity contribution in [2.75, 3.05) is 25.6 Å². The second-order valence-electron chi connectivity index (χ2n) is 8.88. The first kappa shape index (κ1) is 27.2. The summed E-state index contributed by atoms with van der Waals surface area (Å²) >= 11 is 6.07. The number of fused-ring (bicyclic) bond motifs is 1. The lowest BCUT2D eigenvalue weighted by Crippen LogP contribution is -2.55. The molecule has 200 valence electrons. The van der Waals surface area contributed by atoms with Crippen molar-refractivity contribution in [1.29, 1.82) is 0 Å². The van der Waals surface area contributed by atoms with Crippen LogP contribution in [0.5, 0.6) is 0 Å². The number of nitrogens with zero attached hydrogens (tertiary/aromatic N) is 5. The van der Waals surface area contributed by atoms with Gasteiger partial charge in [-0.05, 0) is 17.2 Å². The van der Waals surface area contributed by atoms with Crippen LogP contribution in [0.1, 0.15) is 11.8 Å². The molecule has 0 saturated carbocycles. The fourth-order valence-electron chi connectivity index (χ4n) is 4.21. The molecule has 4 rings (SSSR count). The number of aliphatic hydroxyl groups is 2. The molecule has 2 aromatic heterocycles. The summed E-state index contributed by atoms with van der Waals surface area (Å²) in [5.41, 5.74) is -4.26. The van der Waals surface area contributed by atoms with Crippen molar-refractivity contribution in [3.8, 4) is 12.3 Å². The van der Waals surface area contributed by atoms with Crippen molar-refractivity contribution in [3.63, 3.8) is 0 Å². The van der Waals surface area contributed by atoms with Crippen LogP contribution in [-0.4, -0.2) is 96.0 Å². The van der Waals surface area contributed by atoms with Crippen molar-refractivity contribution in [1.82, 2.24) is 19.5 Å². The molecule has 1 aromatic carbocycles. The van der Waals surface area contributed by atoms with E-state index in [-0.39, 0.29) is 10.9 Å². The first-order valence-electron chi connectivity index (χ1n) is 11.2. The normalized spacial score (nSPS) is 23.3. The third-order valence-electron chi connectivity index (χ3n) is 6.29. The summed E-state index contributed by atoms with van der Waals surface area (Å²) in [7, 11) is 3.43. The Morgan fingerprint density at radius 1 is 1.26 bits per heavy atom. The van der Waals surface area contributed by atoms with Crippen molar-refractivity contribution in [2.24, 2.45) is 0 Å². The van der Waals surface area contributed by atoms with Gasteiger partial charge in [0.05, 0.1) is 12.9 Å². The van der Waals surface area contributed by atoms with Crippen LogP contribution in [0.4, 0.5) is 5.82 Å². The van der Waals surface area contributed by atoms with Crippen LogP contribution in [0.15, 0.2) is 36.7 Å². The van der Waals surface area contributed by atoms with E-state index in [0.29, 0.717) is 16.9 Å². The predicted octanol–water partition coefficient (Wildman–Crippen LogP) is 0.336. The maximum Gasteiger partial charge on any atom is 0.348 e. The van der Waals surface area contributed by atoms with E-state index in [0.717, 1.165) is 0 Å². The standard InChI is InChI=1S/C24H24ClN5O8/c1-4-23(36)14(11-37-24(20(32)33,21(34)35)10-13-8-6-5-7-9-13)38-19(16(23)31)30-12-26-15-17(29(2)3)27-22(25)28-18(15)30/h1,5-9,12,14,16,19,31,36H,10-11H2,2-3H3,(H,32,33)(H,34,35)/t14-,16+,19-,23-/m1/s1. The predicted molar refractivity (Wildman–Crippen MR) is 132 cm³/mol. The number of carboxylic acids is 2. The highest BCUT2D eigenvalue weighted by Crippen LogP contribution is 2.39. The Morgan fingerprint density at radius 2 is 1.92 bits per heavy atom. The van der Waals surface area contributed by atoms with E-state index >= 15 is 0 Å². The Balaban J connectivity index is 1.67. The highest BCUT2D eigenvalue weighted by molar-refractivity contribution is 6.28. The highest BCUT2D eigenvalue weighted by Gasteiger charge is 2.58. The molecule has 38 heavy (non-hydrogen) atoms. The van der Waals surface area contributed by atoms with Crippen LogP contribution < -0.4 is 4.90 Å². The SMILES string of the molecule is C#C[C@@]1(O)[C@@H](COC(Cc2ccccc2)(C(=O)O)C(=O)O)O[C@@H](n2cnc3c(N(C)C)nc(Cl)nc32)[C@@H]1O. The van der Waals surface area contributed by atoms with Gasteiger partial charge in [-0.25, -0.2) is 14.6 Å². The molecule has 0 amide bonds. The molecule has 13 nitrogen and oxygen atoms in total. The quantitative estimate of drug-likeness (QED) is 0.165. The van der Waals surface area contributed by atoms with Crippen LogP contribution >= 0.6 is 11.6 Å². The number of hydrogen-bond acceptors (Lipinski definition) is 10. The molecule has 0 spiro atoms. The molecule has 14 heteroatoms. The van der Waals surface area contributed by atoms with E-state index in [1.165, 1.54) is 10.9 Å². The molecule has 3 heterocycles. The summed E-state index contributed by atoms with van der Waals surface area (Å²) in [4.78, 5) is 38.5. The number of imidazole rings is 1. The number of carboxylic acid groups (broad SMARTS) is 2. The third kappa shape index (κ3) is 4.53. The number of carbonyl (C=O) groups is 2. The maximum atomic E-state index is 12.1. The maximum absolute atomic E-state index is 12.1. The number of halogens is 1. The van der Waals surface area contributed by atoms with E-state index in [4.69, 9.17) is 27.5 Å². The summed E-state index contributed by atoms with van der Waals surface area (Å²) in [6, 6.07) is 8.02. The van der Waals surface area contributed by atoms with Crippen LogP contribution in [0.2, 0.25) is 5.28 Å². The Bertz CT molecular complexity index is 1390. The molecule has 4 atom stereocenters. The minimum absolute atomic E-state index is 0.115. The number of benzene rings is 1. The van der Waals surface area contributed by atoms with Gasteiger partial charge in [-0.3, -0.25) is 4.57 Å². The first-order chi connectivity index (χ1) is 17.9. The van der Waals surface area contributed by atoms with Gasteiger partial charge in [0.25, 0.3) is 5.60 Å². The van der Waals surface area contributed by atoms with Gasteiger partial charge in [0, 0.05) is 20.5 Å². The Kier molecular flexibility index (Phi) is 7.29. The molecule has 0 radical (unpaired) electrons. The zero-order valence-electron chi connectivity index (χ0n) is 20.2. The Hall–Kier alpha value is -3.80. The largest absolute Gasteiger partial charge is 0.479 e. The summed E-state index contributed by atoms with van der Waals surface area (Å²) in [6.45, 7) is -0.787. The second kappa shape index (κ2) is 10.2. The van der Waals surface area contributed by atoms with Crippen molar-refractivity contribution in [3.05, 3.63) is 47.5 Å². The molecule has 1 fully saturated rings. The zero-order valence-corrected chi connectivity index (χ0v) is 21.0. The van der Waals surface area contributed by atoms with Crippen molar-refractivity contribution >= 4 is 40.5 Å². The zero-order chi connectivity index (χ0) is 27.8. The molecule has 1 aliphatic heterocycles. The Morgan fingerprint density at radius 3 is 2.50 bits per heavy atom. The molecule has 0 bridgehead atoms. The van der Waals surface area contributed by atoms with Gasteiger partial charge in [0.15, 0.2) is 28.8 Å². The molecular weight excluding hydrogens is 522 g/mol. The summed E-state index contributed by atoms with van der Waals surface area (Å²) in [6.07, 6.45) is 1.62. The van der Waals surface area contributed by atoms with E-state index in [9.17, 15) is 30.0 Å². The van der Waals surface area contributed by atoms with Gasteiger partial charge in [0.1, 0.15) is 12.2 Å². The minimum Gasteiger partial charge on any atom is -0.479 e. The fraction of sp³-hybridized carbons (Fsp3) is 0.375. The van der Waals surface area contributed by atoms with Crippen LogP contribution in [-0.2, 0) is 25.5 Å². The van der Waals surface area contributed by atoms with Gasteiger partial charge >= 0.3 is 11.9 Å². The lowest BCUT2D eigenvalue weighted by Gasteiger charge is -2.30. The van der Waals surface area contributed by atoms with E-state index in [2.05, 4.69) is 20.9 Å². The van der Waals surface area contributed by atoms with E-state index < -0.39 is 54.6 Å². The monoisotopic (exact) mass is 545 g/mol. The fourth-order valence-corrected chi connectivity index (χ4v) is 4.37. The number of aliphatic carboxylic acids is 2. The highest BCUT2D eigenvalue weighted by atomic mass is 35.5. The van der Waals surface area contributed by atoms with E-state index in [1.807, 2.05) is 0 Å². The van der Waals surface area contributed by atoms with Crippen LogP contribution in [0.25, 0.3) is 11.2 Å². The van der Waals surface area contributed by atoms with Crippen molar-refractivity contribution in [2.45, 2.75) is 36.1 Å². The van der Waals surface area contributed by atoms with Gasteiger partial charge in [-0.2, -0.15) is 9.97 Å². The molecule has 0 aliphatic carbocycles. The van der Waals surface area contributed by atoms with Crippen LogP contribution in [0, 0.1) is 12.3 Å². The molecule has 1 saturated heterocycles. The number of aromatic nitrogens is 4. The molecule has 1 aliphatic rings. The lowest BCUT2D eigenvalue weighted by molar-refractivity contribution is -0.191. The van der Waals surface area contributed by atoms with Gasteiger partial charge < -0.3 is 34.8 Å². The number of terminal acetylenes is 1. The summed E-state index contributed by atoms with van der Waals surface area (Å²) < 4.78 is 12.6. The van der Waals surface area contributed by atoms with Gasteiger partial charge in [-0.1, -0.05) is 36.3 Å². The summed E-state index contributed by atoms with van der Waals surface area (Å²) in [5.74, 6) is -1.08. The number of rotatable bonds is 9. The number of aliphatic hydroxyl groups excluding tert-OH is 1.